The normalized spacial score (nSPS) is 23.0. The summed E-state index contributed by atoms with van der Waals surface area (Å²) >= 11 is 0. The van der Waals surface area contributed by atoms with Crippen molar-refractivity contribution in [3.8, 4) is 0 Å². The van der Waals surface area contributed by atoms with E-state index in [0.29, 0.717) is 43.2 Å². The van der Waals surface area contributed by atoms with Crippen LogP contribution in [0.5, 0.6) is 0 Å². The fourth-order valence-electron chi connectivity index (χ4n) is 4.91. The number of amides is 1. The first-order chi connectivity index (χ1) is 15.2. The molecule has 2 fully saturated rings. The lowest BCUT2D eigenvalue weighted by atomic mass is 9.98. The summed E-state index contributed by atoms with van der Waals surface area (Å²) < 4.78 is 28.9. The van der Waals surface area contributed by atoms with E-state index in [2.05, 4.69) is 24.1 Å². The summed E-state index contributed by atoms with van der Waals surface area (Å²) in [5.41, 5.74) is 1.66. The molecule has 0 aromatic heterocycles. The van der Waals surface area contributed by atoms with E-state index in [0.717, 1.165) is 37.1 Å². The molecule has 0 spiro atoms. The van der Waals surface area contributed by atoms with Gasteiger partial charge in [-0.15, -0.1) is 0 Å². The molecule has 0 aliphatic carbocycles. The van der Waals surface area contributed by atoms with Crippen LogP contribution in [0.25, 0.3) is 0 Å². The predicted molar refractivity (Wildman–Crippen MR) is 128 cm³/mol. The van der Waals surface area contributed by atoms with Crippen molar-refractivity contribution in [1.29, 1.82) is 0 Å². The van der Waals surface area contributed by atoms with Crippen molar-refractivity contribution in [2.24, 2.45) is 0 Å². The number of nitrogens with one attached hydrogen (secondary N) is 1. The van der Waals surface area contributed by atoms with Crippen LogP contribution >= 0.6 is 0 Å². The molecule has 32 heavy (non-hydrogen) atoms. The van der Waals surface area contributed by atoms with Gasteiger partial charge in [0, 0.05) is 64.3 Å². The average molecular weight is 465 g/mol. The van der Waals surface area contributed by atoms with E-state index in [1.165, 1.54) is 6.42 Å². The lowest BCUT2D eigenvalue weighted by Crippen LogP contribution is -2.49. The highest BCUT2D eigenvalue weighted by atomic mass is 32.2. The quantitative estimate of drug-likeness (QED) is 0.640. The minimum absolute atomic E-state index is 0.0346. The molecule has 1 N–H and O–H groups in total. The number of benzene rings is 1. The first kappa shape index (κ1) is 25.1. The van der Waals surface area contributed by atoms with Gasteiger partial charge in [-0.3, -0.25) is 9.69 Å². The molecule has 0 saturated carbocycles. The Balaban J connectivity index is 1.77. The van der Waals surface area contributed by atoms with Gasteiger partial charge in [0.05, 0.1) is 4.90 Å². The maximum absolute atomic E-state index is 13.7. The first-order valence-electron chi connectivity index (χ1n) is 12.0. The molecule has 7 nitrogen and oxygen atoms in total. The monoisotopic (exact) mass is 464 g/mol. The maximum Gasteiger partial charge on any atom is 0.243 e. The van der Waals surface area contributed by atoms with Gasteiger partial charge in [-0.05, 0) is 57.7 Å². The third kappa shape index (κ3) is 6.10. The Morgan fingerprint density at radius 2 is 1.75 bits per heavy atom. The van der Waals surface area contributed by atoms with E-state index in [9.17, 15) is 13.2 Å². The smallest absolute Gasteiger partial charge is 0.243 e. The molecule has 1 amide bonds. The third-order valence-corrected chi connectivity index (χ3v) is 9.03. The van der Waals surface area contributed by atoms with Gasteiger partial charge < -0.3 is 10.2 Å². The van der Waals surface area contributed by atoms with Crippen LogP contribution in [-0.4, -0.2) is 86.3 Å². The van der Waals surface area contributed by atoms with Crippen LogP contribution in [0.3, 0.4) is 0 Å². The number of rotatable bonds is 8. The summed E-state index contributed by atoms with van der Waals surface area (Å²) in [6, 6.07) is 6.45. The minimum Gasteiger partial charge on any atom is -0.340 e. The molecular formula is C24H40N4O3S. The Labute approximate surface area is 194 Å². The summed E-state index contributed by atoms with van der Waals surface area (Å²) in [7, 11) is -3.69. The molecule has 0 bridgehead atoms. The predicted octanol–water partition coefficient (Wildman–Crippen LogP) is 2.38. The lowest BCUT2D eigenvalue weighted by Gasteiger charge is -2.40. The van der Waals surface area contributed by atoms with Gasteiger partial charge in [0.2, 0.25) is 15.9 Å². The van der Waals surface area contributed by atoms with Crippen molar-refractivity contribution >= 4 is 15.9 Å². The van der Waals surface area contributed by atoms with Crippen molar-refractivity contribution < 1.29 is 13.2 Å². The minimum atomic E-state index is -3.69. The third-order valence-electron chi connectivity index (χ3n) is 6.99. The molecule has 180 valence electrons. The highest BCUT2D eigenvalue weighted by Crippen LogP contribution is 2.25. The van der Waals surface area contributed by atoms with E-state index in [-0.39, 0.29) is 18.9 Å². The molecule has 2 aliphatic rings. The van der Waals surface area contributed by atoms with Gasteiger partial charge in [0.1, 0.15) is 0 Å². The number of piperazine rings is 1. The molecule has 0 radical (unpaired) electrons. The summed E-state index contributed by atoms with van der Waals surface area (Å²) in [5, 5.41) is 3.25. The van der Waals surface area contributed by atoms with Crippen LogP contribution in [0, 0.1) is 13.8 Å². The second kappa shape index (κ2) is 11.1. The van der Waals surface area contributed by atoms with Crippen LogP contribution in [-0.2, 0) is 14.8 Å². The van der Waals surface area contributed by atoms with E-state index < -0.39 is 10.0 Å². The van der Waals surface area contributed by atoms with Crippen LogP contribution in [0.1, 0.15) is 50.7 Å². The standard InChI is InChI=1S/C24H40N4O3S/c1-19-8-9-20(2)23(18-19)32(30,31)27(13-10-24(29)26-14-11-25-12-15-26)16-17-28-21(3)6-5-7-22(28)4/h8-9,18,21-22,25H,5-7,10-17H2,1-4H3/t21-,22+. The number of likely N-dealkylation sites (tertiary alicyclic amines) is 1. The van der Waals surface area contributed by atoms with Gasteiger partial charge >= 0.3 is 0 Å². The lowest BCUT2D eigenvalue weighted by molar-refractivity contribution is -0.131. The number of aryl methyl sites for hydroxylation is 2. The summed E-state index contributed by atoms with van der Waals surface area (Å²) in [6.07, 6.45) is 3.74. The number of hydrogen-bond acceptors (Lipinski definition) is 5. The Kier molecular flexibility index (Phi) is 8.72. The average Bonchev–Trinajstić information content (AvgIpc) is 2.77. The molecule has 0 unspecified atom stereocenters. The molecule has 8 heteroatoms. The Morgan fingerprint density at radius 1 is 1.09 bits per heavy atom. The second-order valence-electron chi connectivity index (χ2n) is 9.42. The fourth-order valence-corrected chi connectivity index (χ4v) is 6.65. The Bertz CT molecular complexity index is 873. The van der Waals surface area contributed by atoms with Crippen molar-refractivity contribution in [3.63, 3.8) is 0 Å². The molecule has 2 atom stereocenters. The number of piperidine rings is 1. The molecule has 3 rings (SSSR count). The zero-order chi connectivity index (χ0) is 23.3. The first-order valence-corrected chi connectivity index (χ1v) is 13.5. The Morgan fingerprint density at radius 3 is 2.41 bits per heavy atom. The summed E-state index contributed by atoms with van der Waals surface area (Å²) in [4.78, 5) is 17.4. The van der Waals surface area contributed by atoms with Crippen LogP contribution in [0.4, 0.5) is 0 Å². The number of carbonyl (C=O) groups excluding carboxylic acids is 1. The number of carbonyl (C=O) groups is 1. The van der Waals surface area contributed by atoms with E-state index in [1.807, 2.05) is 30.9 Å². The van der Waals surface area contributed by atoms with Crippen molar-refractivity contribution in [1.82, 2.24) is 19.4 Å². The molecule has 2 heterocycles. The summed E-state index contributed by atoms with van der Waals surface area (Å²) in [5.74, 6) is 0.0346. The van der Waals surface area contributed by atoms with Crippen LogP contribution in [0.2, 0.25) is 0 Å². The topological polar surface area (TPSA) is 73.0 Å². The molecule has 1 aromatic rings. The largest absolute Gasteiger partial charge is 0.340 e. The molecule has 2 aliphatic heterocycles. The van der Waals surface area contributed by atoms with E-state index >= 15 is 0 Å². The van der Waals surface area contributed by atoms with E-state index in [4.69, 9.17) is 0 Å². The van der Waals surface area contributed by atoms with Crippen LogP contribution in [0.15, 0.2) is 23.1 Å². The zero-order valence-electron chi connectivity index (χ0n) is 20.1. The highest BCUT2D eigenvalue weighted by molar-refractivity contribution is 7.89. The van der Waals surface area contributed by atoms with Gasteiger partial charge in [-0.1, -0.05) is 18.6 Å². The molecule has 1 aromatic carbocycles. The number of nitrogens with zero attached hydrogens (tertiary/aromatic N) is 3. The van der Waals surface area contributed by atoms with Gasteiger partial charge in [0.15, 0.2) is 0 Å². The van der Waals surface area contributed by atoms with Crippen molar-refractivity contribution in [2.75, 3.05) is 45.8 Å². The maximum atomic E-state index is 13.7. The number of sulfonamides is 1. The molecular weight excluding hydrogens is 424 g/mol. The Hall–Kier alpha value is -1.48. The SMILES string of the molecule is Cc1ccc(C)c(S(=O)(=O)N(CCC(=O)N2CCNCC2)CCN2[C@H](C)CCC[C@@H]2C)c1. The van der Waals surface area contributed by atoms with E-state index in [1.54, 1.807) is 10.4 Å². The summed E-state index contributed by atoms with van der Waals surface area (Å²) in [6.45, 7) is 12.5. The van der Waals surface area contributed by atoms with Gasteiger partial charge in [-0.2, -0.15) is 4.31 Å². The fraction of sp³-hybridized carbons (Fsp3) is 0.708. The second-order valence-corrected chi connectivity index (χ2v) is 11.3. The highest BCUT2D eigenvalue weighted by Gasteiger charge is 2.30. The van der Waals surface area contributed by atoms with Crippen LogP contribution < -0.4 is 5.32 Å². The van der Waals surface area contributed by atoms with Crippen molar-refractivity contribution in [2.45, 2.75) is 70.4 Å². The molecule has 2 saturated heterocycles. The van der Waals surface area contributed by atoms with Gasteiger partial charge in [-0.25, -0.2) is 8.42 Å². The van der Waals surface area contributed by atoms with Gasteiger partial charge in [0.25, 0.3) is 0 Å². The number of hydrogen-bond donors (Lipinski definition) is 1. The van der Waals surface area contributed by atoms with Crippen molar-refractivity contribution in [3.05, 3.63) is 29.3 Å². The zero-order valence-corrected chi connectivity index (χ0v) is 21.0.